The maximum atomic E-state index is 13.2. The zero-order chi connectivity index (χ0) is 14.9. The van der Waals surface area contributed by atoms with Crippen molar-refractivity contribution in [1.82, 2.24) is 5.32 Å². The Morgan fingerprint density at radius 3 is 2.90 bits per heavy atom. The maximum Gasteiger partial charge on any atom is 0.228 e. The third kappa shape index (κ3) is 3.33. The smallest absolute Gasteiger partial charge is 0.228 e. The Morgan fingerprint density at radius 2 is 2.25 bits per heavy atom. The first-order chi connectivity index (χ1) is 9.26. The van der Waals surface area contributed by atoms with Crippen LogP contribution in [0.4, 0.5) is 10.1 Å². The molecule has 1 heterocycles. The van der Waals surface area contributed by atoms with Crippen LogP contribution in [-0.4, -0.2) is 23.9 Å². The van der Waals surface area contributed by atoms with Gasteiger partial charge in [-0.15, -0.1) is 0 Å². The Bertz CT molecular complexity index is 552. The molecule has 2 amide bonds. The largest absolute Gasteiger partial charge is 0.354 e. The van der Waals surface area contributed by atoms with E-state index in [9.17, 15) is 14.0 Å². The first kappa shape index (κ1) is 14.5. The minimum atomic E-state index is -0.610. The molecule has 0 spiro atoms. The highest BCUT2D eigenvalue weighted by atomic mass is 19.1. The molecular formula is C14H18FN3O2. The van der Waals surface area contributed by atoms with Crippen LogP contribution >= 0.6 is 0 Å². The van der Waals surface area contributed by atoms with Crippen molar-refractivity contribution in [3.8, 4) is 0 Å². The van der Waals surface area contributed by atoms with Gasteiger partial charge in [0.2, 0.25) is 11.8 Å². The second-order valence-corrected chi connectivity index (χ2v) is 5.74. The molecule has 0 saturated heterocycles. The van der Waals surface area contributed by atoms with E-state index in [2.05, 4.69) is 10.6 Å². The van der Waals surface area contributed by atoms with Gasteiger partial charge in [0.1, 0.15) is 5.82 Å². The van der Waals surface area contributed by atoms with E-state index in [-0.39, 0.29) is 18.2 Å². The molecular weight excluding hydrogens is 261 g/mol. The first-order valence-corrected chi connectivity index (χ1v) is 6.42. The molecule has 1 aromatic rings. The number of rotatable bonds is 3. The van der Waals surface area contributed by atoms with Gasteiger partial charge in [0.05, 0.1) is 5.92 Å². The molecule has 2 rings (SSSR count). The van der Waals surface area contributed by atoms with Gasteiger partial charge < -0.3 is 16.4 Å². The van der Waals surface area contributed by atoms with Crippen molar-refractivity contribution in [2.45, 2.75) is 31.7 Å². The topological polar surface area (TPSA) is 84.2 Å². The van der Waals surface area contributed by atoms with Crippen molar-refractivity contribution in [2.75, 3.05) is 11.9 Å². The lowest BCUT2D eigenvalue weighted by Crippen LogP contribution is -2.47. The summed E-state index contributed by atoms with van der Waals surface area (Å²) in [4.78, 5) is 23.8. The number of nitrogens with one attached hydrogen (secondary N) is 2. The Hall–Kier alpha value is -1.95. The second-order valence-electron chi connectivity index (χ2n) is 5.74. The first-order valence-electron chi connectivity index (χ1n) is 6.42. The molecule has 0 aromatic heterocycles. The molecule has 0 bridgehead atoms. The van der Waals surface area contributed by atoms with Crippen LogP contribution in [0, 0.1) is 5.82 Å². The molecule has 5 nitrogen and oxygen atoms in total. The van der Waals surface area contributed by atoms with E-state index in [1.54, 1.807) is 13.8 Å². The molecule has 0 fully saturated rings. The van der Waals surface area contributed by atoms with Gasteiger partial charge in [0.15, 0.2) is 0 Å². The highest BCUT2D eigenvalue weighted by Gasteiger charge is 2.31. The van der Waals surface area contributed by atoms with Gasteiger partial charge in [-0.1, -0.05) is 6.07 Å². The van der Waals surface area contributed by atoms with Crippen molar-refractivity contribution in [2.24, 2.45) is 5.73 Å². The molecule has 1 atom stereocenters. The van der Waals surface area contributed by atoms with Gasteiger partial charge in [0, 0.05) is 24.2 Å². The summed E-state index contributed by atoms with van der Waals surface area (Å²) in [5, 5.41) is 5.30. The third-order valence-corrected chi connectivity index (χ3v) is 3.09. The summed E-state index contributed by atoms with van der Waals surface area (Å²) < 4.78 is 13.2. The molecule has 1 aromatic carbocycles. The van der Waals surface area contributed by atoms with E-state index in [0.29, 0.717) is 17.8 Å². The Morgan fingerprint density at radius 1 is 1.55 bits per heavy atom. The maximum absolute atomic E-state index is 13.2. The molecule has 0 saturated carbocycles. The van der Waals surface area contributed by atoms with E-state index in [4.69, 9.17) is 5.73 Å². The van der Waals surface area contributed by atoms with E-state index in [1.807, 2.05) is 0 Å². The lowest BCUT2D eigenvalue weighted by molar-refractivity contribution is -0.126. The average Bonchev–Trinajstić information content (AvgIpc) is 2.33. The monoisotopic (exact) mass is 279 g/mol. The fourth-order valence-electron chi connectivity index (χ4n) is 2.11. The SMILES string of the molecule is CC(C)(N)CNC(=O)C1CC(=O)Nc2cc(F)ccc21. The number of halogens is 1. The minimum absolute atomic E-state index is 0.0511. The number of benzene rings is 1. The summed E-state index contributed by atoms with van der Waals surface area (Å²) in [5.74, 6) is -1.63. The number of nitrogens with two attached hydrogens (primary N) is 1. The number of hydrogen-bond acceptors (Lipinski definition) is 3. The molecule has 0 radical (unpaired) electrons. The van der Waals surface area contributed by atoms with E-state index in [0.717, 1.165) is 0 Å². The Kier molecular flexibility index (Phi) is 3.76. The second kappa shape index (κ2) is 5.20. The minimum Gasteiger partial charge on any atom is -0.354 e. The van der Waals surface area contributed by atoms with Crippen LogP contribution in [0.25, 0.3) is 0 Å². The normalized spacial score (nSPS) is 18.2. The van der Waals surface area contributed by atoms with Crippen LogP contribution in [-0.2, 0) is 9.59 Å². The number of fused-ring (bicyclic) bond motifs is 1. The predicted octanol–water partition coefficient (Wildman–Crippen LogP) is 1.10. The molecule has 4 N–H and O–H groups in total. The molecule has 6 heteroatoms. The van der Waals surface area contributed by atoms with E-state index >= 15 is 0 Å². The average molecular weight is 279 g/mol. The van der Waals surface area contributed by atoms with Crippen molar-refractivity contribution >= 4 is 17.5 Å². The van der Waals surface area contributed by atoms with Gasteiger partial charge in [-0.2, -0.15) is 0 Å². The molecule has 1 unspecified atom stereocenters. The number of hydrogen-bond donors (Lipinski definition) is 3. The van der Waals surface area contributed by atoms with Crippen molar-refractivity contribution < 1.29 is 14.0 Å². The molecule has 1 aliphatic rings. The number of anilines is 1. The predicted molar refractivity (Wildman–Crippen MR) is 73.7 cm³/mol. The lowest BCUT2D eigenvalue weighted by atomic mass is 9.89. The van der Waals surface area contributed by atoms with Crippen LogP contribution in [0.3, 0.4) is 0 Å². The van der Waals surface area contributed by atoms with Gasteiger partial charge >= 0.3 is 0 Å². The van der Waals surface area contributed by atoms with E-state index in [1.165, 1.54) is 18.2 Å². The Balaban J connectivity index is 2.21. The molecule has 0 aliphatic carbocycles. The fourth-order valence-corrected chi connectivity index (χ4v) is 2.11. The highest BCUT2D eigenvalue weighted by molar-refractivity contribution is 6.01. The van der Waals surface area contributed by atoms with Crippen molar-refractivity contribution in [3.05, 3.63) is 29.6 Å². The zero-order valence-electron chi connectivity index (χ0n) is 11.5. The van der Waals surface area contributed by atoms with Crippen LogP contribution in [0.5, 0.6) is 0 Å². The highest BCUT2D eigenvalue weighted by Crippen LogP contribution is 2.32. The molecule has 1 aliphatic heterocycles. The lowest BCUT2D eigenvalue weighted by Gasteiger charge is -2.26. The van der Waals surface area contributed by atoms with Crippen molar-refractivity contribution in [1.29, 1.82) is 0 Å². The summed E-state index contributed by atoms with van der Waals surface area (Å²) >= 11 is 0. The number of amides is 2. The zero-order valence-corrected chi connectivity index (χ0v) is 11.5. The van der Waals surface area contributed by atoms with Crippen LogP contribution in [0.2, 0.25) is 0 Å². The molecule has 20 heavy (non-hydrogen) atoms. The number of carbonyl (C=O) groups excluding carboxylic acids is 2. The van der Waals surface area contributed by atoms with Crippen LogP contribution < -0.4 is 16.4 Å². The van der Waals surface area contributed by atoms with Gasteiger partial charge in [0.25, 0.3) is 0 Å². The third-order valence-electron chi connectivity index (χ3n) is 3.09. The van der Waals surface area contributed by atoms with Gasteiger partial charge in [-0.3, -0.25) is 9.59 Å². The summed E-state index contributed by atoms with van der Waals surface area (Å²) in [6, 6.07) is 4.03. The van der Waals surface area contributed by atoms with Crippen LogP contribution in [0.1, 0.15) is 31.7 Å². The summed E-state index contributed by atoms with van der Waals surface area (Å²) in [6.07, 6.45) is 0.0511. The quantitative estimate of drug-likeness (QED) is 0.774. The van der Waals surface area contributed by atoms with E-state index < -0.39 is 17.3 Å². The standard InChI is InChI=1S/C14H18FN3O2/c1-14(2,16)7-17-13(20)10-6-12(19)18-11-5-8(15)3-4-9(10)11/h3-5,10H,6-7,16H2,1-2H3,(H,17,20)(H,18,19). The van der Waals surface area contributed by atoms with Crippen molar-refractivity contribution in [3.63, 3.8) is 0 Å². The number of carbonyl (C=O) groups is 2. The fraction of sp³-hybridized carbons (Fsp3) is 0.429. The van der Waals surface area contributed by atoms with Gasteiger partial charge in [-0.05, 0) is 31.5 Å². The van der Waals surface area contributed by atoms with Crippen LogP contribution in [0.15, 0.2) is 18.2 Å². The summed E-state index contributed by atoms with van der Waals surface area (Å²) in [7, 11) is 0. The molecule has 108 valence electrons. The Labute approximate surface area is 116 Å². The van der Waals surface area contributed by atoms with Gasteiger partial charge in [-0.25, -0.2) is 4.39 Å². The summed E-state index contributed by atoms with van der Waals surface area (Å²) in [5.41, 5.74) is 6.26. The summed E-state index contributed by atoms with van der Waals surface area (Å²) in [6.45, 7) is 3.90.